The topological polar surface area (TPSA) is 38.3 Å². The van der Waals surface area contributed by atoms with Crippen LogP contribution in [-0.2, 0) is 9.53 Å². The van der Waals surface area contributed by atoms with E-state index >= 15 is 0 Å². The SMILES string of the molecule is C=C[Si](C)(C)c1ccc(NC(=O)C(OC(F)(F)CF)(C(F)(F)F)C(F)(F)F)cc1. The molecule has 0 spiro atoms. The first-order valence-corrected chi connectivity index (χ1v) is 10.8. The van der Waals surface area contributed by atoms with Gasteiger partial charge in [-0.1, -0.05) is 36.1 Å². The minimum Gasteiger partial charge on any atom is -0.323 e. The summed E-state index contributed by atoms with van der Waals surface area (Å²) < 4.78 is 120. The molecule has 1 aromatic carbocycles. The van der Waals surface area contributed by atoms with Gasteiger partial charge in [-0.05, 0) is 12.1 Å². The predicted octanol–water partition coefficient (Wildman–Crippen LogP) is 4.71. The standard InChI is InChI=1S/C16H16F9NO2Si/c1-4-29(2,3)11-7-5-10(6-8-11)26-12(27)14(15(20,21)22,16(23,24)25)28-13(18,19)9-17/h4-8H,1,9H2,2-3H3,(H,26,27). The number of ether oxygens (including phenoxy) is 1. The third-order valence-corrected chi connectivity index (χ3v) is 6.82. The van der Waals surface area contributed by atoms with Crippen molar-refractivity contribution in [1.82, 2.24) is 0 Å². The Kier molecular flexibility index (Phi) is 6.91. The summed E-state index contributed by atoms with van der Waals surface area (Å²) in [6.07, 6.45) is -18.9. The van der Waals surface area contributed by atoms with Crippen LogP contribution in [0.2, 0.25) is 13.1 Å². The van der Waals surface area contributed by atoms with E-state index in [0.717, 1.165) is 12.1 Å². The minimum absolute atomic E-state index is 0.544. The number of nitrogens with one attached hydrogen (secondary N) is 1. The smallest absolute Gasteiger partial charge is 0.323 e. The molecule has 3 nitrogen and oxygen atoms in total. The van der Waals surface area contributed by atoms with Crippen LogP contribution in [0.4, 0.5) is 45.2 Å². The molecule has 0 saturated heterocycles. The molecule has 0 unspecified atom stereocenters. The van der Waals surface area contributed by atoms with Crippen LogP contribution < -0.4 is 10.5 Å². The highest BCUT2D eigenvalue weighted by molar-refractivity contribution is 6.93. The zero-order valence-electron chi connectivity index (χ0n) is 15.0. The van der Waals surface area contributed by atoms with Crippen LogP contribution >= 0.6 is 0 Å². The lowest BCUT2D eigenvalue weighted by molar-refractivity contribution is -0.421. The monoisotopic (exact) mass is 453 g/mol. The van der Waals surface area contributed by atoms with E-state index in [1.54, 1.807) is 5.70 Å². The van der Waals surface area contributed by atoms with Crippen LogP contribution in [0.3, 0.4) is 0 Å². The van der Waals surface area contributed by atoms with Gasteiger partial charge in [0.15, 0.2) is 6.67 Å². The Morgan fingerprint density at radius 1 is 1.03 bits per heavy atom. The van der Waals surface area contributed by atoms with Gasteiger partial charge in [0.1, 0.15) is 8.07 Å². The molecular formula is C16H16F9NO2Si. The molecule has 0 saturated carbocycles. The predicted molar refractivity (Wildman–Crippen MR) is 89.2 cm³/mol. The second-order valence-corrected chi connectivity index (χ2v) is 10.9. The maximum Gasteiger partial charge on any atom is 0.436 e. The Balaban J connectivity index is 3.40. The molecule has 29 heavy (non-hydrogen) atoms. The second-order valence-electron chi connectivity index (χ2n) is 6.51. The summed E-state index contributed by atoms with van der Waals surface area (Å²) in [7, 11) is -2.12. The van der Waals surface area contributed by atoms with Crippen molar-refractivity contribution in [3.05, 3.63) is 36.5 Å². The van der Waals surface area contributed by atoms with Crippen molar-refractivity contribution in [2.24, 2.45) is 0 Å². The number of anilines is 1. The highest BCUT2D eigenvalue weighted by Gasteiger charge is 2.79. The van der Waals surface area contributed by atoms with E-state index in [1.807, 2.05) is 13.1 Å². The van der Waals surface area contributed by atoms with E-state index in [9.17, 15) is 44.3 Å². The first kappa shape index (κ1) is 25.0. The van der Waals surface area contributed by atoms with Crippen molar-refractivity contribution in [1.29, 1.82) is 0 Å². The van der Waals surface area contributed by atoms with E-state index in [-0.39, 0.29) is 0 Å². The van der Waals surface area contributed by atoms with Gasteiger partial charge >= 0.3 is 24.1 Å². The zero-order chi connectivity index (χ0) is 22.9. The summed E-state index contributed by atoms with van der Waals surface area (Å²) in [6.45, 7) is 4.31. The van der Waals surface area contributed by atoms with E-state index < -0.39 is 50.4 Å². The molecular weight excluding hydrogens is 437 g/mol. The number of alkyl halides is 9. The molecule has 0 bridgehead atoms. The number of rotatable bonds is 7. The molecule has 0 aromatic heterocycles. The molecule has 1 N–H and O–H groups in total. The van der Waals surface area contributed by atoms with Crippen molar-refractivity contribution in [2.45, 2.75) is 37.2 Å². The number of carbonyl (C=O) groups excluding carboxylic acids is 1. The van der Waals surface area contributed by atoms with Crippen molar-refractivity contribution in [2.75, 3.05) is 12.0 Å². The quantitative estimate of drug-likeness (QED) is 0.480. The molecule has 1 rings (SSSR count). The Morgan fingerprint density at radius 3 is 1.83 bits per heavy atom. The largest absolute Gasteiger partial charge is 0.436 e. The molecule has 0 atom stereocenters. The molecule has 0 fully saturated rings. The van der Waals surface area contributed by atoms with Crippen molar-refractivity contribution in [3.63, 3.8) is 0 Å². The molecule has 0 aliphatic heterocycles. The van der Waals surface area contributed by atoms with Crippen LogP contribution in [0.1, 0.15) is 0 Å². The van der Waals surface area contributed by atoms with Gasteiger partial charge in [-0.2, -0.15) is 35.1 Å². The number of carbonyl (C=O) groups is 1. The van der Waals surface area contributed by atoms with E-state index in [1.165, 1.54) is 17.4 Å². The zero-order valence-corrected chi connectivity index (χ0v) is 16.0. The summed E-state index contributed by atoms with van der Waals surface area (Å²) in [5, 5.41) is 1.95. The van der Waals surface area contributed by atoms with Crippen molar-refractivity contribution in [3.8, 4) is 0 Å². The van der Waals surface area contributed by atoms with Gasteiger partial charge in [0.2, 0.25) is 0 Å². The van der Waals surface area contributed by atoms with Crippen molar-refractivity contribution >= 4 is 24.9 Å². The maximum absolute atomic E-state index is 13.2. The van der Waals surface area contributed by atoms with Gasteiger partial charge in [-0.3, -0.25) is 9.53 Å². The summed E-state index contributed by atoms with van der Waals surface area (Å²) >= 11 is 0. The molecule has 1 aromatic rings. The van der Waals surface area contributed by atoms with Crippen LogP contribution in [0.25, 0.3) is 0 Å². The van der Waals surface area contributed by atoms with Crippen LogP contribution in [0.15, 0.2) is 36.5 Å². The number of amides is 1. The summed E-state index contributed by atoms with van der Waals surface area (Å²) in [5.41, 5.74) is -4.88. The molecule has 13 heteroatoms. The first-order chi connectivity index (χ1) is 12.9. The number of benzene rings is 1. The third-order valence-electron chi connectivity index (χ3n) is 3.97. The number of hydrogen-bond acceptors (Lipinski definition) is 2. The lowest BCUT2D eigenvalue weighted by Gasteiger charge is -2.37. The maximum atomic E-state index is 13.2. The molecule has 0 radical (unpaired) electrons. The molecule has 164 valence electrons. The Morgan fingerprint density at radius 2 is 1.48 bits per heavy atom. The minimum atomic E-state index is -6.67. The highest BCUT2D eigenvalue weighted by Crippen LogP contribution is 2.49. The van der Waals surface area contributed by atoms with Gasteiger partial charge in [0.05, 0.1) is 0 Å². The molecule has 0 aliphatic carbocycles. The fourth-order valence-corrected chi connectivity index (χ4v) is 3.41. The summed E-state index contributed by atoms with van der Waals surface area (Å²) in [5.74, 6) is -2.99. The fourth-order valence-electron chi connectivity index (χ4n) is 2.15. The van der Waals surface area contributed by atoms with Gasteiger partial charge in [-0.25, -0.2) is 4.39 Å². The van der Waals surface area contributed by atoms with Crippen molar-refractivity contribution < 1.29 is 49.0 Å². The second kappa shape index (κ2) is 8.01. The van der Waals surface area contributed by atoms with Gasteiger partial charge in [-0.15, -0.1) is 6.58 Å². The van der Waals surface area contributed by atoms with Gasteiger partial charge in [0, 0.05) is 5.69 Å². The van der Waals surface area contributed by atoms with Crippen LogP contribution in [-0.4, -0.2) is 44.7 Å². The summed E-state index contributed by atoms with van der Waals surface area (Å²) in [6, 6.07) is 4.67. The highest BCUT2D eigenvalue weighted by atomic mass is 28.3. The summed E-state index contributed by atoms with van der Waals surface area (Å²) in [4.78, 5) is 11.9. The average molecular weight is 453 g/mol. The third kappa shape index (κ3) is 5.13. The van der Waals surface area contributed by atoms with Gasteiger partial charge < -0.3 is 5.32 Å². The van der Waals surface area contributed by atoms with E-state index in [4.69, 9.17) is 0 Å². The Hall–Kier alpha value is -2.02. The Labute approximate surface area is 160 Å². The van der Waals surface area contributed by atoms with E-state index in [2.05, 4.69) is 11.3 Å². The normalized spacial score (nSPS) is 13.9. The van der Waals surface area contributed by atoms with Crippen LogP contribution in [0, 0.1) is 0 Å². The Bertz CT molecular complexity index is 728. The average Bonchev–Trinajstić information content (AvgIpc) is 2.58. The number of halogens is 9. The lowest BCUT2D eigenvalue weighted by Crippen LogP contribution is -2.68. The first-order valence-electron chi connectivity index (χ1n) is 7.76. The molecule has 0 heterocycles. The molecule has 1 amide bonds. The molecule has 0 aliphatic rings. The van der Waals surface area contributed by atoms with E-state index in [0.29, 0.717) is 5.19 Å². The van der Waals surface area contributed by atoms with Gasteiger partial charge in [0.25, 0.3) is 5.91 Å². The number of hydrogen-bond donors (Lipinski definition) is 1. The van der Waals surface area contributed by atoms with Crippen LogP contribution in [0.5, 0.6) is 0 Å². The lowest BCUT2D eigenvalue weighted by atomic mass is 10.0. The fraction of sp³-hybridized carbons (Fsp3) is 0.438.